The summed E-state index contributed by atoms with van der Waals surface area (Å²) in [5.74, 6) is 0.937. The minimum absolute atomic E-state index is 0.550. The first-order valence-electron chi connectivity index (χ1n) is 5.93. The summed E-state index contributed by atoms with van der Waals surface area (Å²) >= 11 is 5.80. The van der Waals surface area contributed by atoms with E-state index in [0.29, 0.717) is 11.1 Å². The zero-order valence-electron chi connectivity index (χ0n) is 9.19. The van der Waals surface area contributed by atoms with Gasteiger partial charge in [0.1, 0.15) is 5.82 Å². The van der Waals surface area contributed by atoms with Crippen molar-refractivity contribution in [3.63, 3.8) is 0 Å². The van der Waals surface area contributed by atoms with Gasteiger partial charge in [0.15, 0.2) is 0 Å². The number of pyridine rings is 1. The lowest BCUT2D eigenvalue weighted by atomic mass is 10.2. The third-order valence-corrected chi connectivity index (χ3v) is 3.59. The molecule has 16 heavy (non-hydrogen) atoms. The maximum absolute atomic E-state index is 5.80. The SMILES string of the molecule is Clc1ccc(NC2CCN(C3CC3)C2)nc1. The largest absolute Gasteiger partial charge is 0.366 e. The van der Waals surface area contributed by atoms with Crippen LogP contribution in [0, 0.1) is 0 Å². The quantitative estimate of drug-likeness (QED) is 0.875. The molecule has 0 amide bonds. The summed E-state index contributed by atoms with van der Waals surface area (Å²) in [7, 11) is 0. The van der Waals surface area contributed by atoms with Crippen LogP contribution in [0.2, 0.25) is 5.02 Å². The van der Waals surface area contributed by atoms with Gasteiger partial charge in [0.05, 0.1) is 5.02 Å². The molecule has 1 atom stereocenters. The molecule has 2 fully saturated rings. The predicted octanol–water partition coefficient (Wildman–Crippen LogP) is 2.38. The van der Waals surface area contributed by atoms with Gasteiger partial charge in [0.25, 0.3) is 0 Å². The van der Waals surface area contributed by atoms with E-state index in [4.69, 9.17) is 11.6 Å². The maximum atomic E-state index is 5.80. The molecule has 86 valence electrons. The second kappa shape index (κ2) is 4.22. The van der Waals surface area contributed by atoms with Gasteiger partial charge in [-0.05, 0) is 31.4 Å². The molecule has 1 saturated carbocycles. The van der Waals surface area contributed by atoms with Gasteiger partial charge >= 0.3 is 0 Å². The Balaban J connectivity index is 1.57. The Kier molecular flexibility index (Phi) is 2.74. The van der Waals surface area contributed by atoms with Gasteiger partial charge in [-0.2, -0.15) is 0 Å². The monoisotopic (exact) mass is 237 g/mol. The molecule has 1 aromatic rings. The van der Waals surface area contributed by atoms with Crippen LogP contribution in [0.3, 0.4) is 0 Å². The molecule has 2 aliphatic rings. The van der Waals surface area contributed by atoms with Crippen LogP contribution in [0.5, 0.6) is 0 Å². The number of rotatable bonds is 3. The summed E-state index contributed by atoms with van der Waals surface area (Å²) in [5, 5.41) is 4.16. The third kappa shape index (κ3) is 2.30. The van der Waals surface area contributed by atoms with Crippen molar-refractivity contribution in [2.24, 2.45) is 0 Å². The van der Waals surface area contributed by atoms with Crippen LogP contribution < -0.4 is 5.32 Å². The van der Waals surface area contributed by atoms with E-state index in [0.717, 1.165) is 18.4 Å². The zero-order chi connectivity index (χ0) is 11.0. The van der Waals surface area contributed by atoms with E-state index in [2.05, 4.69) is 15.2 Å². The molecule has 2 heterocycles. The molecular weight excluding hydrogens is 222 g/mol. The minimum atomic E-state index is 0.550. The average Bonchev–Trinajstić information content (AvgIpc) is 3.04. The Hall–Kier alpha value is -0.800. The number of nitrogens with zero attached hydrogens (tertiary/aromatic N) is 2. The van der Waals surface area contributed by atoms with E-state index in [9.17, 15) is 0 Å². The van der Waals surface area contributed by atoms with E-state index in [1.807, 2.05) is 12.1 Å². The van der Waals surface area contributed by atoms with Gasteiger partial charge in [-0.15, -0.1) is 0 Å². The summed E-state index contributed by atoms with van der Waals surface area (Å²) in [6.45, 7) is 2.39. The highest BCUT2D eigenvalue weighted by atomic mass is 35.5. The van der Waals surface area contributed by atoms with Gasteiger partial charge in [-0.1, -0.05) is 11.6 Å². The highest BCUT2D eigenvalue weighted by Gasteiger charge is 2.34. The lowest BCUT2D eigenvalue weighted by molar-refractivity contribution is 0.326. The van der Waals surface area contributed by atoms with E-state index in [1.54, 1.807) is 6.20 Å². The maximum Gasteiger partial charge on any atom is 0.126 e. The second-order valence-electron chi connectivity index (χ2n) is 4.72. The molecule has 0 radical (unpaired) electrons. The van der Waals surface area contributed by atoms with Crippen LogP contribution >= 0.6 is 11.6 Å². The van der Waals surface area contributed by atoms with Crippen molar-refractivity contribution in [2.45, 2.75) is 31.3 Å². The Bertz CT molecular complexity index is 361. The van der Waals surface area contributed by atoms with Crippen LogP contribution in [-0.2, 0) is 0 Å². The predicted molar refractivity (Wildman–Crippen MR) is 65.9 cm³/mol. The molecule has 0 bridgehead atoms. The molecule has 3 nitrogen and oxygen atoms in total. The van der Waals surface area contributed by atoms with Gasteiger partial charge in [-0.3, -0.25) is 4.90 Å². The van der Waals surface area contributed by atoms with E-state index < -0.39 is 0 Å². The fourth-order valence-corrected chi connectivity index (χ4v) is 2.46. The van der Waals surface area contributed by atoms with E-state index >= 15 is 0 Å². The topological polar surface area (TPSA) is 28.2 Å². The first-order valence-corrected chi connectivity index (χ1v) is 6.31. The van der Waals surface area contributed by atoms with Crippen molar-refractivity contribution in [1.29, 1.82) is 0 Å². The molecule has 4 heteroatoms. The number of anilines is 1. The molecule has 3 rings (SSSR count). The normalized spacial score (nSPS) is 25.9. The van der Waals surface area contributed by atoms with Crippen molar-refractivity contribution in [1.82, 2.24) is 9.88 Å². The molecule has 1 aliphatic carbocycles. The highest BCUT2D eigenvalue weighted by molar-refractivity contribution is 6.30. The number of hydrogen-bond acceptors (Lipinski definition) is 3. The fraction of sp³-hybridized carbons (Fsp3) is 0.583. The fourth-order valence-electron chi connectivity index (χ4n) is 2.35. The average molecular weight is 238 g/mol. The molecule has 1 unspecified atom stereocenters. The molecule has 0 spiro atoms. The van der Waals surface area contributed by atoms with Crippen LogP contribution in [0.4, 0.5) is 5.82 Å². The Morgan fingerprint density at radius 2 is 2.19 bits per heavy atom. The molecule has 1 aromatic heterocycles. The Morgan fingerprint density at radius 3 is 2.88 bits per heavy atom. The summed E-state index contributed by atoms with van der Waals surface area (Å²) in [4.78, 5) is 6.86. The molecular formula is C12H16ClN3. The first-order chi connectivity index (χ1) is 7.81. The summed E-state index contributed by atoms with van der Waals surface area (Å²) in [6, 6.07) is 5.26. The first kappa shape index (κ1) is 10.4. The van der Waals surface area contributed by atoms with Crippen LogP contribution in [0.1, 0.15) is 19.3 Å². The highest BCUT2D eigenvalue weighted by Crippen LogP contribution is 2.30. The standard InChI is InChI=1S/C12H16ClN3/c13-9-1-4-12(14-7-9)15-10-5-6-16(8-10)11-2-3-11/h1,4,7,10-11H,2-3,5-6,8H2,(H,14,15). The van der Waals surface area contributed by atoms with Gasteiger partial charge < -0.3 is 5.32 Å². The molecule has 1 N–H and O–H groups in total. The van der Waals surface area contributed by atoms with Crippen molar-refractivity contribution in [3.05, 3.63) is 23.4 Å². The summed E-state index contributed by atoms with van der Waals surface area (Å²) in [5.41, 5.74) is 0. The van der Waals surface area contributed by atoms with Gasteiger partial charge in [-0.25, -0.2) is 4.98 Å². The van der Waals surface area contributed by atoms with E-state index in [1.165, 1.54) is 25.8 Å². The van der Waals surface area contributed by atoms with Crippen LogP contribution in [-0.4, -0.2) is 35.1 Å². The molecule has 1 aliphatic heterocycles. The van der Waals surface area contributed by atoms with Crippen molar-refractivity contribution in [3.8, 4) is 0 Å². The van der Waals surface area contributed by atoms with Crippen LogP contribution in [0.25, 0.3) is 0 Å². The van der Waals surface area contributed by atoms with Gasteiger partial charge in [0.2, 0.25) is 0 Å². The summed E-state index contributed by atoms with van der Waals surface area (Å²) in [6.07, 6.45) is 5.70. The van der Waals surface area contributed by atoms with Gasteiger partial charge in [0, 0.05) is 31.4 Å². The third-order valence-electron chi connectivity index (χ3n) is 3.36. The van der Waals surface area contributed by atoms with Crippen molar-refractivity contribution < 1.29 is 0 Å². The lowest BCUT2D eigenvalue weighted by Crippen LogP contribution is -2.27. The number of likely N-dealkylation sites (tertiary alicyclic amines) is 1. The molecule has 0 aromatic carbocycles. The zero-order valence-corrected chi connectivity index (χ0v) is 9.95. The number of aromatic nitrogens is 1. The smallest absolute Gasteiger partial charge is 0.126 e. The minimum Gasteiger partial charge on any atom is -0.366 e. The lowest BCUT2D eigenvalue weighted by Gasteiger charge is -2.16. The second-order valence-corrected chi connectivity index (χ2v) is 5.15. The Labute approximate surface area is 101 Å². The van der Waals surface area contributed by atoms with Crippen molar-refractivity contribution in [2.75, 3.05) is 18.4 Å². The Morgan fingerprint density at radius 1 is 1.31 bits per heavy atom. The van der Waals surface area contributed by atoms with E-state index in [-0.39, 0.29) is 0 Å². The number of halogens is 1. The van der Waals surface area contributed by atoms with Crippen LogP contribution in [0.15, 0.2) is 18.3 Å². The van der Waals surface area contributed by atoms with Crippen molar-refractivity contribution >= 4 is 17.4 Å². The number of nitrogens with one attached hydrogen (secondary N) is 1. The number of hydrogen-bond donors (Lipinski definition) is 1. The summed E-state index contributed by atoms with van der Waals surface area (Å²) < 4.78 is 0. The molecule has 1 saturated heterocycles.